The van der Waals surface area contributed by atoms with Crippen LogP contribution in [0.3, 0.4) is 0 Å². The predicted molar refractivity (Wildman–Crippen MR) is 74.9 cm³/mol. The van der Waals surface area contributed by atoms with Crippen LogP contribution in [0.4, 0.5) is 5.69 Å². The van der Waals surface area contributed by atoms with E-state index in [-0.39, 0.29) is 5.91 Å². The first-order chi connectivity index (χ1) is 8.65. The summed E-state index contributed by atoms with van der Waals surface area (Å²) in [7, 11) is 0. The number of fused-ring (bicyclic) bond motifs is 1. The Kier molecular flexibility index (Phi) is 2.78. The summed E-state index contributed by atoms with van der Waals surface area (Å²) in [6.45, 7) is 5.44. The molecule has 2 heterocycles. The van der Waals surface area contributed by atoms with Crippen molar-refractivity contribution < 1.29 is 4.79 Å². The highest BCUT2D eigenvalue weighted by Crippen LogP contribution is 2.27. The summed E-state index contributed by atoms with van der Waals surface area (Å²) >= 11 is 1.54. The quantitative estimate of drug-likeness (QED) is 0.775. The number of hydrogen-bond acceptors (Lipinski definition) is 4. The van der Waals surface area contributed by atoms with Crippen LogP contribution < -0.4 is 4.90 Å². The van der Waals surface area contributed by atoms with Crippen LogP contribution in [0, 0.1) is 13.8 Å². The lowest BCUT2D eigenvalue weighted by Gasteiger charge is -2.33. The van der Waals surface area contributed by atoms with Crippen molar-refractivity contribution in [3.63, 3.8) is 0 Å². The van der Waals surface area contributed by atoms with E-state index in [1.54, 1.807) is 4.90 Å². The van der Waals surface area contributed by atoms with Crippen molar-refractivity contribution in [2.24, 2.45) is 4.99 Å². The van der Waals surface area contributed by atoms with E-state index in [2.05, 4.69) is 41.9 Å². The molecule has 0 aliphatic carbocycles. The Hall–Kier alpha value is -1.49. The second-order valence-corrected chi connectivity index (χ2v) is 5.61. The van der Waals surface area contributed by atoms with Crippen molar-refractivity contribution in [3.8, 4) is 0 Å². The molecule has 0 radical (unpaired) electrons. The lowest BCUT2D eigenvalue weighted by Crippen LogP contribution is -2.45. The van der Waals surface area contributed by atoms with E-state index in [1.165, 1.54) is 22.9 Å². The van der Waals surface area contributed by atoms with Gasteiger partial charge in [0, 0.05) is 5.69 Å². The second-order valence-electron chi connectivity index (χ2n) is 4.66. The Balaban J connectivity index is 1.89. The summed E-state index contributed by atoms with van der Waals surface area (Å²) in [5.74, 6) is 0.688. The minimum atomic E-state index is 0.160. The van der Waals surface area contributed by atoms with Crippen LogP contribution in [0.1, 0.15) is 11.1 Å². The van der Waals surface area contributed by atoms with Gasteiger partial charge in [-0.25, -0.2) is 4.99 Å². The van der Waals surface area contributed by atoms with Gasteiger partial charge >= 0.3 is 0 Å². The van der Waals surface area contributed by atoms with Gasteiger partial charge in [-0.1, -0.05) is 29.5 Å². The largest absolute Gasteiger partial charge is 0.333 e. The molecule has 2 aliphatic heterocycles. The number of thioether (sulfide) groups is 1. The van der Waals surface area contributed by atoms with E-state index in [1.807, 2.05) is 0 Å². The molecule has 2 aliphatic rings. The molecule has 1 amide bonds. The van der Waals surface area contributed by atoms with Crippen molar-refractivity contribution in [1.82, 2.24) is 4.90 Å². The van der Waals surface area contributed by atoms with E-state index >= 15 is 0 Å². The molecule has 0 unspecified atom stereocenters. The molecule has 18 heavy (non-hydrogen) atoms. The summed E-state index contributed by atoms with van der Waals surface area (Å²) in [6, 6.07) is 6.37. The van der Waals surface area contributed by atoms with Gasteiger partial charge in [-0.15, -0.1) is 0 Å². The van der Waals surface area contributed by atoms with Gasteiger partial charge in [0.05, 0.1) is 5.75 Å². The van der Waals surface area contributed by atoms with Crippen LogP contribution in [0.15, 0.2) is 23.2 Å². The molecule has 5 heteroatoms. The minimum absolute atomic E-state index is 0.160. The van der Waals surface area contributed by atoms with Crippen molar-refractivity contribution in [1.29, 1.82) is 0 Å². The molecule has 4 nitrogen and oxygen atoms in total. The molecule has 94 valence electrons. The Labute approximate surface area is 111 Å². The third-order valence-electron chi connectivity index (χ3n) is 3.24. The number of aliphatic imine (C=N–C) groups is 1. The van der Waals surface area contributed by atoms with Gasteiger partial charge in [-0.3, -0.25) is 9.69 Å². The van der Waals surface area contributed by atoms with Crippen molar-refractivity contribution in [3.05, 3.63) is 29.3 Å². The number of aryl methyl sites for hydroxylation is 2. The smallest absolute Gasteiger partial charge is 0.240 e. The molecular formula is C13H15N3OS. The molecule has 1 aromatic carbocycles. The predicted octanol–water partition coefficient (Wildman–Crippen LogP) is 1.97. The number of amidine groups is 1. The molecule has 0 spiro atoms. The van der Waals surface area contributed by atoms with Crippen molar-refractivity contribution >= 4 is 28.5 Å². The van der Waals surface area contributed by atoms with Gasteiger partial charge in [-0.2, -0.15) is 0 Å². The van der Waals surface area contributed by atoms with Crippen LogP contribution >= 0.6 is 11.8 Å². The summed E-state index contributed by atoms with van der Waals surface area (Å²) in [6.07, 6.45) is 0. The molecule has 0 atom stereocenters. The fraction of sp³-hybridized carbons (Fsp3) is 0.385. The highest BCUT2D eigenvalue weighted by atomic mass is 32.2. The first-order valence-electron chi connectivity index (χ1n) is 5.95. The molecule has 3 rings (SSSR count). The lowest BCUT2D eigenvalue weighted by atomic mass is 10.1. The fourth-order valence-electron chi connectivity index (χ4n) is 2.33. The average Bonchev–Trinajstić information content (AvgIpc) is 2.71. The fourth-order valence-corrected chi connectivity index (χ4v) is 3.21. The van der Waals surface area contributed by atoms with Gasteiger partial charge in [0.1, 0.15) is 13.3 Å². The Bertz CT molecular complexity index is 541. The summed E-state index contributed by atoms with van der Waals surface area (Å²) in [5, 5.41) is 0.876. The normalized spacial score (nSPS) is 19.0. The molecule has 1 saturated heterocycles. The summed E-state index contributed by atoms with van der Waals surface area (Å²) in [5.41, 5.74) is 3.64. The first kappa shape index (κ1) is 11.6. The molecule has 1 aromatic rings. The number of carbonyl (C=O) groups is 1. The number of anilines is 1. The summed E-state index contributed by atoms with van der Waals surface area (Å²) < 4.78 is 0. The van der Waals surface area contributed by atoms with Crippen molar-refractivity contribution in [2.75, 3.05) is 24.0 Å². The number of nitrogens with zero attached hydrogens (tertiary/aromatic N) is 3. The Morgan fingerprint density at radius 1 is 1.33 bits per heavy atom. The van der Waals surface area contributed by atoms with Gasteiger partial charge in [0.15, 0.2) is 5.17 Å². The van der Waals surface area contributed by atoms with E-state index in [4.69, 9.17) is 0 Å². The Morgan fingerprint density at radius 2 is 2.17 bits per heavy atom. The van der Waals surface area contributed by atoms with Gasteiger partial charge < -0.3 is 4.90 Å². The standard InChI is InChI=1S/C13H15N3OS/c1-9-3-4-11(10(2)5-9)15-7-14-13-16(8-15)12(17)6-18-13/h3-5H,6-8H2,1-2H3. The monoisotopic (exact) mass is 261 g/mol. The van der Waals surface area contributed by atoms with Crippen LogP contribution in [0.5, 0.6) is 0 Å². The zero-order valence-corrected chi connectivity index (χ0v) is 11.3. The Morgan fingerprint density at radius 3 is 2.94 bits per heavy atom. The van der Waals surface area contributed by atoms with Crippen LogP contribution in [-0.2, 0) is 4.79 Å². The number of amides is 1. The third kappa shape index (κ3) is 1.88. The van der Waals surface area contributed by atoms with E-state index in [0.717, 1.165) is 10.9 Å². The first-order valence-corrected chi connectivity index (χ1v) is 6.93. The minimum Gasteiger partial charge on any atom is -0.333 e. The van der Waals surface area contributed by atoms with Gasteiger partial charge in [-0.05, 0) is 25.5 Å². The average molecular weight is 261 g/mol. The second kappa shape index (κ2) is 4.31. The van der Waals surface area contributed by atoms with Crippen molar-refractivity contribution in [2.45, 2.75) is 13.8 Å². The number of hydrogen-bond donors (Lipinski definition) is 0. The SMILES string of the molecule is Cc1ccc(N2CN=C3SCC(=O)N3C2)c(C)c1. The lowest BCUT2D eigenvalue weighted by molar-refractivity contribution is -0.124. The zero-order chi connectivity index (χ0) is 12.7. The highest BCUT2D eigenvalue weighted by Gasteiger charge is 2.32. The van der Waals surface area contributed by atoms with Crippen LogP contribution in [0.25, 0.3) is 0 Å². The molecule has 0 N–H and O–H groups in total. The van der Waals surface area contributed by atoms with Crippen LogP contribution in [-0.4, -0.2) is 35.1 Å². The van der Waals surface area contributed by atoms with E-state index < -0.39 is 0 Å². The summed E-state index contributed by atoms with van der Waals surface area (Å²) in [4.78, 5) is 20.1. The molecule has 0 aromatic heterocycles. The molecular weight excluding hydrogens is 246 g/mol. The highest BCUT2D eigenvalue weighted by molar-refractivity contribution is 8.15. The van der Waals surface area contributed by atoms with Crippen LogP contribution in [0.2, 0.25) is 0 Å². The molecule has 0 saturated carbocycles. The topological polar surface area (TPSA) is 35.9 Å². The van der Waals surface area contributed by atoms with E-state index in [0.29, 0.717) is 19.1 Å². The van der Waals surface area contributed by atoms with E-state index in [9.17, 15) is 4.79 Å². The number of carbonyl (C=O) groups excluding carboxylic acids is 1. The maximum absolute atomic E-state index is 11.7. The molecule has 1 fully saturated rings. The maximum Gasteiger partial charge on any atom is 0.240 e. The molecule has 0 bridgehead atoms. The van der Waals surface area contributed by atoms with Gasteiger partial charge in [0.2, 0.25) is 5.91 Å². The zero-order valence-electron chi connectivity index (χ0n) is 10.5. The third-order valence-corrected chi connectivity index (χ3v) is 4.24. The van der Waals surface area contributed by atoms with Gasteiger partial charge in [0.25, 0.3) is 0 Å². The number of rotatable bonds is 1. The maximum atomic E-state index is 11.7. The number of benzene rings is 1.